The van der Waals surface area contributed by atoms with Gasteiger partial charge in [-0.1, -0.05) is 18.2 Å². The second-order valence-electron chi connectivity index (χ2n) is 4.67. The van der Waals surface area contributed by atoms with Crippen molar-refractivity contribution in [2.24, 2.45) is 0 Å². The van der Waals surface area contributed by atoms with Crippen molar-refractivity contribution in [2.45, 2.75) is 25.9 Å². The SMILES string of the molecule is COc1ccccc1Cc1ncc(C(C)(C)O)s1. The van der Waals surface area contributed by atoms with Crippen molar-refractivity contribution < 1.29 is 9.84 Å². The van der Waals surface area contributed by atoms with Gasteiger partial charge in [-0.05, 0) is 19.9 Å². The molecule has 0 amide bonds. The number of hydrogen-bond donors (Lipinski definition) is 1. The van der Waals surface area contributed by atoms with Gasteiger partial charge in [0.15, 0.2) is 0 Å². The summed E-state index contributed by atoms with van der Waals surface area (Å²) in [6.45, 7) is 3.54. The molecule has 0 aliphatic carbocycles. The lowest BCUT2D eigenvalue weighted by atomic mass is 10.1. The van der Waals surface area contributed by atoms with Crippen molar-refractivity contribution in [1.29, 1.82) is 0 Å². The maximum Gasteiger partial charge on any atom is 0.122 e. The van der Waals surface area contributed by atoms with E-state index in [2.05, 4.69) is 4.98 Å². The molecule has 2 rings (SSSR count). The van der Waals surface area contributed by atoms with E-state index in [0.717, 1.165) is 27.6 Å². The van der Waals surface area contributed by atoms with Crippen molar-refractivity contribution >= 4 is 11.3 Å². The molecule has 0 bridgehead atoms. The van der Waals surface area contributed by atoms with Crippen LogP contribution in [0.3, 0.4) is 0 Å². The van der Waals surface area contributed by atoms with E-state index in [1.165, 1.54) is 11.3 Å². The van der Waals surface area contributed by atoms with E-state index in [4.69, 9.17) is 4.74 Å². The lowest BCUT2D eigenvalue weighted by Gasteiger charge is -2.13. The Morgan fingerprint density at radius 3 is 2.67 bits per heavy atom. The van der Waals surface area contributed by atoms with Crippen LogP contribution in [-0.4, -0.2) is 17.2 Å². The summed E-state index contributed by atoms with van der Waals surface area (Å²) >= 11 is 1.54. The molecule has 1 heterocycles. The Morgan fingerprint density at radius 2 is 2.06 bits per heavy atom. The normalized spacial score (nSPS) is 11.6. The predicted octanol–water partition coefficient (Wildman–Crippen LogP) is 2.97. The van der Waals surface area contributed by atoms with Crippen LogP contribution in [0.5, 0.6) is 5.75 Å². The summed E-state index contributed by atoms with van der Waals surface area (Å²) in [6.07, 6.45) is 2.47. The molecule has 96 valence electrons. The second kappa shape index (κ2) is 5.08. The van der Waals surface area contributed by atoms with E-state index in [0.29, 0.717) is 0 Å². The molecule has 0 saturated carbocycles. The van der Waals surface area contributed by atoms with Gasteiger partial charge in [0.05, 0.1) is 22.6 Å². The molecule has 3 nitrogen and oxygen atoms in total. The molecule has 0 radical (unpaired) electrons. The Balaban J connectivity index is 2.22. The zero-order chi connectivity index (χ0) is 13.2. The molecule has 0 spiro atoms. The van der Waals surface area contributed by atoms with Crippen LogP contribution in [0.25, 0.3) is 0 Å². The van der Waals surface area contributed by atoms with E-state index >= 15 is 0 Å². The van der Waals surface area contributed by atoms with E-state index in [9.17, 15) is 5.11 Å². The van der Waals surface area contributed by atoms with Crippen molar-refractivity contribution in [1.82, 2.24) is 4.98 Å². The highest BCUT2D eigenvalue weighted by molar-refractivity contribution is 7.11. The highest BCUT2D eigenvalue weighted by Gasteiger charge is 2.19. The minimum Gasteiger partial charge on any atom is -0.496 e. The number of aliphatic hydroxyl groups is 1. The van der Waals surface area contributed by atoms with E-state index in [1.807, 2.05) is 24.3 Å². The third-order valence-electron chi connectivity index (χ3n) is 2.69. The molecule has 0 atom stereocenters. The number of para-hydroxylation sites is 1. The molecular weight excluding hydrogens is 246 g/mol. The molecule has 4 heteroatoms. The van der Waals surface area contributed by atoms with E-state index in [-0.39, 0.29) is 0 Å². The molecule has 0 aliphatic rings. The fraction of sp³-hybridized carbons (Fsp3) is 0.357. The number of hydrogen-bond acceptors (Lipinski definition) is 4. The van der Waals surface area contributed by atoms with Crippen LogP contribution >= 0.6 is 11.3 Å². The van der Waals surface area contributed by atoms with Gasteiger partial charge in [0.25, 0.3) is 0 Å². The minimum atomic E-state index is -0.823. The van der Waals surface area contributed by atoms with Gasteiger partial charge in [-0.2, -0.15) is 0 Å². The highest BCUT2D eigenvalue weighted by atomic mass is 32.1. The van der Waals surface area contributed by atoms with E-state index < -0.39 is 5.60 Å². The smallest absolute Gasteiger partial charge is 0.122 e. The zero-order valence-corrected chi connectivity index (χ0v) is 11.6. The number of aromatic nitrogens is 1. The first-order chi connectivity index (χ1) is 8.50. The topological polar surface area (TPSA) is 42.4 Å². The Bertz CT molecular complexity index is 529. The maximum atomic E-state index is 9.91. The number of thiazole rings is 1. The van der Waals surface area contributed by atoms with Crippen LogP contribution in [0, 0.1) is 0 Å². The minimum absolute atomic E-state index is 0.727. The molecule has 0 unspecified atom stereocenters. The number of methoxy groups -OCH3 is 1. The van der Waals surface area contributed by atoms with Crippen LogP contribution in [0.2, 0.25) is 0 Å². The number of nitrogens with zero attached hydrogens (tertiary/aromatic N) is 1. The monoisotopic (exact) mass is 263 g/mol. The van der Waals surface area contributed by atoms with Crippen molar-refractivity contribution in [3.63, 3.8) is 0 Å². The number of ether oxygens (including phenoxy) is 1. The summed E-state index contributed by atoms with van der Waals surface area (Å²) in [5.41, 5.74) is 0.285. The van der Waals surface area contributed by atoms with Gasteiger partial charge in [-0.25, -0.2) is 4.98 Å². The average molecular weight is 263 g/mol. The van der Waals surface area contributed by atoms with Gasteiger partial charge in [-0.15, -0.1) is 11.3 Å². The summed E-state index contributed by atoms with van der Waals surface area (Å²) in [7, 11) is 1.67. The molecular formula is C14H17NO2S. The highest BCUT2D eigenvalue weighted by Crippen LogP contribution is 2.28. The summed E-state index contributed by atoms with van der Waals surface area (Å²) in [5.74, 6) is 0.873. The molecule has 0 fully saturated rings. The third-order valence-corrected chi connectivity index (χ3v) is 4.00. The van der Waals surface area contributed by atoms with Crippen molar-refractivity contribution in [3.05, 3.63) is 45.9 Å². The fourth-order valence-corrected chi connectivity index (χ4v) is 2.63. The Hall–Kier alpha value is -1.39. The van der Waals surface area contributed by atoms with Crippen LogP contribution < -0.4 is 4.74 Å². The van der Waals surface area contributed by atoms with Gasteiger partial charge in [-0.3, -0.25) is 0 Å². The Morgan fingerprint density at radius 1 is 1.33 bits per heavy atom. The molecule has 0 aliphatic heterocycles. The van der Waals surface area contributed by atoms with Crippen LogP contribution in [0.1, 0.15) is 29.3 Å². The maximum absolute atomic E-state index is 9.91. The van der Waals surface area contributed by atoms with Crippen LogP contribution in [-0.2, 0) is 12.0 Å². The molecule has 0 saturated heterocycles. The van der Waals surface area contributed by atoms with Gasteiger partial charge >= 0.3 is 0 Å². The summed E-state index contributed by atoms with van der Waals surface area (Å²) in [6, 6.07) is 7.92. The zero-order valence-electron chi connectivity index (χ0n) is 10.8. The first-order valence-corrected chi connectivity index (χ1v) is 6.62. The molecule has 2 aromatic rings. The third kappa shape index (κ3) is 2.89. The van der Waals surface area contributed by atoms with E-state index in [1.54, 1.807) is 27.2 Å². The van der Waals surface area contributed by atoms with Crippen LogP contribution in [0.15, 0.2) is 30.5 Å². The van der Waals surface area contributed by atoms with Gasteiger partial charge in [0.1, 0.15) is 5.75 Å². The van der Waals surface area contributed by atoms with Crippen molar-refractivity contribution in [3.8, 4) is 5.75 Å². The van der Waals surface area contributed by atoms with Crippen LogP contribution in [0.4, 0.5) is 0 Å². The van der Waals surface area contributed by atoms with Gasteiger partial charge in [0.2, 0.25) is 0 Å². The Kier molecular flexibility index (Phi) is 3.68. The van der Waals surface area contributed by atoms with Crippen molar-refractivity contribution in [2.75, 3.05) is 7.11 Å². The first-order valence-electron chi connectivity index (χ1n) is 5.80. The number of benzene rings is 1. The second-order valence-corrected chi connectivity index (χ2v) is 5.78. The summed E-state index contributed by atoms with van der Waals surface area (Å²) < 4.78 is 5.32. The largest absolute Gasteiger partial charge is 0.496 e. The van der Waals surface area contributed by atoms with Gasteiger partial charge in [0, 0.05) is 18.2 Å². The lowest BCUT2D eigenvalue weighted by molar-refractivity contribution is 0.0823. The molecule has 1 N–H and O–H groups in total. The molecule has 1 aromatic heterocycles. The van der Waals surface area contributed by atoms with Gasteiger partial charge < -0.3 is 9.84 Å². The summed E-state index contributed by atoms with van der Waals surface area (Å²) in [5, 5.41) is 10.9. The molecule has 18 heavy (non-hydrogen) atoms. The summed E-state index contributed by atoms with van der Waals surface area (Å²) in [4.78, 5) is 5.24. The standard InChI is InChI=1S/C14H17NO2S/c1-14(2,16)12-9-15-13(18-12)8-10-6-4-5-7-11(10)17-3/h4-7,9,16H,8H2,1-3H3. The quantitative estimate of drug-likeness (QED) is 0.922. The fourth-order valence-electron chi connectivity index (χ4n) is 1.69. The Labute approximate surface area is 111 Å². The molecule has 1 aromatic carbocycles. The lowest BCUT2D eigenvalue weighted by Crippen LogP contribution is -2.12. The average Bonchev–Trinajstić information content (AvgIpc) is 2.78. The first kappa shape index (κ1) is 13.1. The number of rotatable bonds is 4. The predicted molar refractivity (Wildman–Crippen MR) is 73.2 cm³/mol.